The van der Waals surface area contributed by atoms with Crippen LogP contribution in [-0.4, -0.2) is 99.1 Å². The minimum absolute atomic E-state index is 0.134. The second-order valence-corrected chi connectivity index (χ2v) is 14.8. The van der Waals surface area contributed by atoms with Gasteiger partial charge in [-0.2, -0.15) is 0 Å². The second kappa shape index (κ2) is 16.4. The van der Waals surface area contributed by atoms with Crippen molar-refractivity contribution in [3.63, 3.8) is 0 Å². The van der Waals surface area contributed by atoms with Gasteiger partial charge < -0.3 is 39.9 Å². The van der Waals surface area contributed by atoms with Crippen LogP contribution in [-0.2, 0) is 19.1 Å². The lowest BCUT2D eigenvalue weighted by molar-refractivity contribution is -0.137. The Bertz CT molecular complexity index is 2170. The van der Waals surface area contributed by atoms with Gasteiger partial charge in [0, 0.05) is 24.1 Å². The first-order valence-electron chi connectivity index (χ1n) is 18.5. The Balaban J connectivity index is 1.15. The van der Waals surface area contributed by atoms with Gasteiger partial charge in [0.05, 0.1) is 50.9 Å². The Morgan fingerprint density at radius 3 is 2.09 bits per heavy atom. The molecule has 4 aromatic rings. The van der Waals surface area contributed by atoms with Crippen molar-refractivity contribution in [2.45, 2.75) is 77.0 Å². The highest BCUT2D eigenvalue weighted by Crippen LogP contribution is 2.41. The average Bonchev–Trinajstić information content (AvgIpc) is 4.00. The summed E-state index contributed by atoms with van der Waals surface area (Å²) in [6.07, 6.45) is 2.66. The molecule has 4 amide bonds. The van der Waals surface area contributed by atoms with E-state index in [0.717, 1.165) is 52.4 Å². The third kappa shape index (κ3) is 8.61. The lowest BCUT2D eigenvalue weighted by Gasteiger charge is -2.30. The van der Waals surface area contributed by atoms with Crippen molar-refractivity contribution in [3.8, 4) is 23.1 Å². The lowest BCUT2D eigenvalue weighted by atomic mass is 10.0. The zero-order valence-electron chi connectivity index (χ0n) is 32.1. The summed E-state index contributed by atoms with van der Waals surface area (Å²) < 4.78 is 38.8. The van der Waals surface area contributed by atoms with E-state index in [0.29, 0.717) is 18.1 Å². The number of hydrogen-bond acceptors (Lipinski definition) is 8. The maximum Gasteiger partial charge on any atom is 0.407 e. The summed E-state index contributed by atoms with van der Waals surface area (Å²) in [5.74, 6) is 2.49. The highest BCUT2D eigenvalue weighted by atomic mass is 19.3. The molecule has 14 nitrogen and oxygen atoms in total. The molecule has 2 aliphatic heterocycles. The Morgan fingerprint density at radius 1 is 0.821 bits per heavy atom. The Hall–Kier alpha value is -5.98. The van der Waals surface area contributed by atoms with E-state index in [1.54, 1.807) is 24.9 Å². The van der Waals surface area contributed by atoms with Crippen LogP contribution in [0.3, 0.4) is 0 Å². The van der Waals surface area contributed by atoms with Gasteiger partial charge in [-0.15, -0.1) is 0 Å². The van der Waals surface area contributed by atoms with Gasteiger partial charge in [0.15, 0.2) is 0 Å². The predicted molar refractivity (Wildman–Crippen MR) is 202 cm³/mol. The maximum atomic E-state index is 14.7. The SMILES string of the molecule is COC(=O)N[C@H](C(=O)N1CC(F)(F)C[C@H]1c1ncc(C#Cc2ccc3cc(-c4cnc([C@@H]5CCCN5C(=O)[C@@H](NC(=O)OC)C(C)C)[nH]4)ccc3c2)[nH]1)C(C)C. The van der Waals surface area contributed by atoms with Gasteiger partial charge in [0.1, 0.15) is 29.4 Å². The van der Waals surface area contributed by atoms with Crippen molar-refractivity contribution < 1.29 is 37.4 Å². The summed E-state index contributed by atoms with van der Waals surface area (Å²) in [5, 5.41) is 7.04. The van der Waals surface area contributed by atoms with Crippen LogP contribution in [0.25, 0.3) is 22.0 Å². The fourth-order valence-corrected chi connectivity index (χ4v) is 7.22. The molecule has 6 rings (SSSR count). The highest BCUT2D eigenvalue weighted by molar-refractivity contribution is 5.89. The Morgan fingerprint density at radius 2 is 1.43 bits per heavy atom. The number of carbonyl (C=O) groups is 4. The average molecular weight is 773 g/mol. The minimum atomic E-state index is -3.14. The number of methoxy groups -OCH3 is 2. The number of H-pyrrole nitrogens is 2. The largest absolute Gasteiger partial charge is 0.453 e. The van der Waals surface area contributed by atoms with Crippen LogP contribution in [0.4, 0.5) is 18.4 Å². The van der Waals surface area contributed by atoms with E-state index in [-0.39, 0.29) is 29.6 Å². The summed E-state index contributed by atoms with van der Waals surface area (Å²) in [7, 11) is 2.43. The molecule has 0 bridgehead atoms. The number of amides is 4. The van der Waals surface area contributed by atoms with Crippen molar-refractivity contribution in [3.05, 3.63) is 71.7 Å². The number of aromatic nitrogens is 4. The van der Waals surface area contributed by atoms with E-state index < -0.39 is 55.1 Å². The molecule has 2 aromatic carbocycles. The van der Waals surface area contributed by atoms with Gasteiger partial charge >= 0.3 is 12.2 Å². The number of likely N-dealkylation sites (tertiary alicyclic amines) is 2. The van der Waals surface area contributed by atoms with Crippen LogP contribution in [0.5, 0.6) is 0 Å². The number of halogens is 2. The van der Waals surface area contributed by atoms with Crippen molar-refractivity contribution in [2.75, 3.05) is 27.3 Å². The monoisotopic (exact) mass is 772 g/mol. The first kappa shape index (κ1) is 39.7. The van der Waals surface area contributed by atoms with Crippen molar-refractivity contribution >= 4 is 34.8 Å². The van der Waals surface area contributed by atoms with E-state index in [1.807, 2.05) is 50.2 Å². The Labute approximate surface area is 323 Å². The molecule has 4 heterocycles. The molecule has 0 radical (unpaired) electrons. The van der Waals surface area contributed by atoms with E-state index >= 15 is 0 Å². The summed E-state index contributed by atoms with van der Waals surface area (Å²) in [6.45, 7) is 6.92. The maximum absolute atomic E-state index is 14.7. The van der Waals surface area contributed by atoms with Gasteiger partial charge in [-0.1, -0.05) is 51.8 Å². The second-order valence-electron chi connectivity index (χ2n) is 14.8. The van der Waals surface area contributed by atoms with Crippen LogP contribution in [0.2, 0.25) is 0 Å². The smallest absolute Gasteiger partial charge is 0.407 e. The number of alkyl halides is 2. The lowest BCUT2D eigenvalue weighted by Crippen LogP contribution is -2.51. The molecule has 0 saturated carbocycles. The number of alkyl carbamates (subject to hydrolysis) is 2. The van der Waals surface area contributed by atoms with Crippen molar-refractivity contribution in [1.82, 2.24) is 40.4 Å². The third-order valence-electron chi connectivity index (χ3n) is 10.2. The summed E-state index contributed by atoms with van der Waals surface area (Å²) in [4.78, 5) is 69.0. The fraction of sp³-hybridized carbons (Fsp3) is 0.450. The van der Waals surface area contributed by atoms with E-state index in [1.165, 1.54) is 13.3 Å². The van der Waals surface area contributed by atoms with E-state index in [9.17, 15) is 28.0 Å². The fourth-order valence-electron chi connectivity index (χ4n) is 7.22. The first-order chi connectivity index (χ1) is 26.7. The summed E-state index contributed by atoms with van der Waals surface area (Å²) >= 11 is 0. The molecule has 296 valence electrons. The zero-order chi connectivity index (χ0) is 40.3. The molecule has 0 unspecified atom stereocenters. The van der Waals surface area contributed by atoms with Crippen LogP contribution in [0.1, 0.15) is 81.9 Å². The van der Waals surface area contributed by atoms with Gasteiger partial charge in [-0.25, -0.2) is 28.3 Å². The van der Waals surface area contributed by atoms with Crippen molar-refractivity contribution in [2.24, 2.45) is 11.8 Å². The van der Waals surface area contributed by atoms with E-state index in [4.69, 9.17) is 4.74 Å². The van der Waals surface area contributed by atoms with Gasteiger partial charge in [-0.05, 0) is 59.6 Å². The molecule has 56 heavy (non-hydrogen) atoms. The number of benzene rings is 2. The molecule has 4 N–H and O–H groups in total. The number of rotatable bonds is 9. The predicted octanol–water partition coefficient (Wildman–Crippen LogP) is 5.69. The number of nitrogens with zero attached hydrogens (tertiary/aromatic N) is 4. The Kier molecular flexibility index (Phi) is 11.6. The summed E-state index contributed by atoms with van der Waals surface area (Å²) in [5.41, 5.74) is 2.82. The van der Waals surface area contributed by atoms with Crippen LogP contribution < -0.4 is 10.6 Å². The topological polar surface area (TPSA) is 175 Å². The number of ether oxygens (including phenoxy) is 2. The third-order valence-corrected chi connectivity index (χ3v) is 10.2. The molecule has 2 fully saturated rings. The molecule has 16 heteroatoms. The zero-order valence-corrected chi connectivity index (χ0v) is 32.1. The quantitative estimate of drug-likeness (QED) is 0.157. The number of nitrogens with one attached hydrogen (secondary N) is 4. The number of carbonyl (C=O) groups excluding carboxylic acids is 4. The van der Waals surface area contributed by atoms with Gasteiger partial charge in [-0.3, -0.25) is 9.59 Å². The van der Waals surface area contributed by atoms with Crippen LogP contribution >= 0.6 is 0 Å². The molecule has 2 aromatic heterocycles. The molecule has 0 aliphatic carbocycles. The minimum Gasteiger partial charge on any atom is -0.453 e. The van der Waals surface area contributed by atoms with E-state index in [2.05, 4.69) is 47.1 Å². The van der Waals surface area contributed by atoms with Crippen LogP contribution in [0, 0.1) is 23.7 Å². The first-order valence-corrected chi connectivity index (χ1v) is 18.5. The normalized spacial score (nSPS) is 18.8. The van der Waals surface area contributed by atoms with Gasteiger partial charge in [0.25, 0.3) is 5.92 Å². The standard InChI is InChI=1S/C40H46F2N8O6/c1-22(2)32(47-38(53)55-5)36(51)49-15-7-8-30(49)34-44-20-29(46-34)27-13-12-25-16-24(9-11-26(25)17-27)10-14-28-19-43-35(45-28)31-18-40(41,42)21-50(31)37(52)33(23(3)4)48-39(54)56-6/h9,11-13,16-17,19-20,22-23,30-33H,7-8,15,18,21H2,1-6H3,(H,43,45)(H,44,46)(H,47,53)(H,48,54)/t30-,31-,32-,33-/m0/s1. The molecular weight excluding hydrogens is 726 g/mol. The summed E-state index contributed by atoms with van der Waals surface area (Å²) in [6, 6.07) is 8.68. The number of fused-ring (bicyclic) bond motifs is 1. The van der Waals surface area contributed by atoms with Crippen LogP contribution in [0.15, 0.2) is 48.8 Å². The number of imidazole rings is 2. The number of hydrogen-bond donors (Lipinski definition) is 4. The molecular formula is C40H46F2N8O6. The van der Waals surface area contributed by atoms with Gasteiger partial charge in [0.2, 0.25) is 11.8 Å². The van der Waals surface area contributed by atoms with Crippen molar-refractivity contribution in [1.29, 1.82) is 0 Å². The molecule has 0 spiro atoms. The highest BCUT2D eigenvalue weighted by Gasteiger charge is 2.50. The molecule has 4 atom stereocenters. The number of aromatic amines is 2. The molecule has 2 saturated heterocycles. The molecule has 2 aliphatic rings.